The molecule has 0 unspecified atom stereocenters. The van der Waals surface area contributed by atoms with Gasteiger partial charge in [-0.05, 0) is 19.2 Å². The van der Waals surface area contributed by atoms with Crippen molar-refractivity contribution in [3.05, 3.63) is 48.5 Å². The number of thioether (sulfide) groups is 1. The van der Waals surface area contributed by atoms with E-state index in [4.69, 9.17) is 15.7 Å². The number of aromatic nitrogens is 5. The Labute approximate surface area is 223 Å². The molecule has 39 heavy (non-hydrogen) atoms. The quantitative estimate of drug-likeness (QED) is 0.114. The van der Waals surface area contributed by atoms with Gasteiger partial charge in [-0.25, -0.2) is 20.2 Å². The fraction of sp³-hybridized carbons (Fsp3) is 0.227. The number of hydrogen-bond acceptors (Lipinski definition) is 10. The molecule has 1 aliphatic rings. The van der Waals surface area contributed by atoms with E-state index in [9.17, 15) is 18.1 Å². The first kappa shape index (κ1) is 27.5. The van der Waals surface area contributed by atoms with Crippen LogP contribution in [0.15, 0.2) is 53.0 Å². The monoisotopic (exact) mass is 561 g/mol. The lowest BCUT2D eigenvalue weighted by molar-refractivity contribution is -0.0494. The smallest absolute Gasteiger partial charge is 0.387 e. The Morgan fingerprint density at radius 1 is 1.36 bits per heavy atom. The largest absolute Gasteiger partial charge is 0.434 e. The highest BCUT2D eigenvalue weighted by Gasteiger charge is 2.26. The summed E-state index contributed by atoms with van der Waals surface area (Å²) in [5.74, 6) is -0.859. The number of anilines is 2. The van der Waals surface area contributed by atoms with E-state index in [1.807, 2.05) is 0 Å². The minimum Gasteiger partial charge on any atom is -0.434 e. The molecule has 5 rings (SSSR count). The molecule has 5 N–H and O–H groups in total. The summed E-state index contributed by atoms with van der Waals surface area (Å²) in [6, 6.07) is 4.26. The minimum atomic E-state index is -3.21. The summed E-state index contributed by atoms with van der Waals surface area (Å²) < 4.78 is 48.3. The van der Waals surface area contributed by atoms with Gasteiger partial charge in [0.1, 0.15) is 23.6 Å². The van der Waals surface area contributed by atoms with E-state index >= 15 is 0 Å². The second-order valence-electron chi connectivity index (χ2n) is 7.68. The van der Waals surface area contributed by atoms with E-state index in [2.05, 4.69) is 31.3 Å². The molecule has 0 aliphatic carbocycles. The average Bonchev–Trinajstić information content (AvgIpc) is 3.53. The Morgan fingerprint density at radius 3 is 2.90 bits per heavy atom. The van der Waals surface area contributed by atoms with E-state index in [-0.39, 0.29) is 52.9 Å². The van der Waals surface area contributed by atoms with Crippen molar-refractivity contribution in [3.8, 4) is 17.0 Å². The molecule has 0 saturated heterocycles. The molecule has 4 aromatic rings. The van der Waals surface area contributed by atoms with Crippen LogP contribution in [0.3, 0.4) is 0 Å². The number of nitrogens with one attached hydrogen (secondary N) is 3. The van der Waals surface area contributed by atoms with Gasteiger partial charge in [0.05, 0.1) is 24.1 Å². The summed E-state index contributed by atoms with van der Waals surface area (Å²) in [6.45, 7) is -3.36. The molecule has 13 nitrogen and oxygen atoms in total. The molecule has 204 valence electrons. The van der Waals surface area contributed by atoms with Gasteiger partial charge in [0.15, 0.2) is 11.5 Å². The standard InChI is InChI=1S/C21H17F3N10O2S.CH5N/c22-21(23)36-15-7-14-16(37-5-4-33(14)24)6-11(15)18-13(9-32(31-18)10-17(25)30-26)29-20(35)12-8-28-34-3-1-2-27-19(12)34;1-2/h1-3,6-9,21,25-26H,4-5,10H2,(H,29,35);2H2,1H3. The number of benzene rings is 1. The molecular formula is C22H22F3N11O2S. The van der Waals surface area contributed by atoms with Gasteiger partial charge in [0.2, 0.25) is 0 Å². The minimum absolute atomic E-state index is 0.0330. The molecule has 0 radical (unpaired) electrons. The molecule has 1 amide bonds. The van der Waals surface area contributed by atoms with Gasteiger partial charge in [-0.3, -0.25) is 14.9 Å². The van der Waals surface area contributed by atoms with Crippen LogP contribution in [0.25, 0.3) is 16.9 Å². The van der Waals surface area contributed by atoms with E-state index in [0.717, 1.165) is 6.07 Å². The van der Waals surface area contributed by atoms with E-state index < -0.39 is 12.5 Å². The molecule has 4 heterocycles. The number of nitrogens with two attached hydrogens (primary N) is 1. The molecule has 1 aliphatic heterocycles. The van der Waals surface area contributed by atoms with Crippen LogP contribution >= 0.6 is 11.8 Å². The maximum Gasteiger partial charge on any atom is 0.387 e. The molecular weight excluding hydrogens is 539 g/mol. The Hall–Kier alpha value is -4.51. The number of fused-ring (bicyclic) bond motifs is 2. The molecule has 3 aromatic heterocycles. The third-order valence-electron chi connectivity index (χ3n) is 5.32. The zero-order valence-corrected chi connectivity index (χ0v) is 21.1. The SMILES string of the molecule is CN.N=NC(=N)Cn1cc(NC(=O)c2cnn3cccnc23)c(-c2cc3c(cc2OC(F)F)N(F)CCS3)n1. The second-order valence-corrected chi connectivity index (χ2v) is 8.81. The summed E-state index contributed by atoms with van der Waals surface area (Å²) in [7, 11) is 1.50. The Balaban J connectivity index is 0.00000172. The van der Waals surface area contributed by atoms with Crippen LogP contribution in [0.4, 0.5) is 24.6 Å². The zero-order chi connectivity index (χ0) is 28.1. The predicted molar refractivity (Wildman–Crippen MR) is 137 cm³/mol. The first-order valence-corrected chi connectivity index (χ1v) is 12.2. The van der Waals surface area contributed by atoms with Crippen molar-refractivity contribution in [1.29, 1.82) is 10.9 Å². The third-order valence-corrected chi connectivity index (χ3v) is 6.34. The molecule has 0 saturated carbocycles. The number of amides is 1. The first-order chi connectivity index (χ1) is 18.8. The van der Waals surface area contributed by atoms with Crippen LogP contribution in [0, 0.1) is 10.9 Å². The fourth-order valence-corrected chi connectivity index (χ4v) is 4.73. The number of amidine groups is 1. The van der Waals surface area contributed by atoms with Crippen LogP contribution in [-0.4, -0.2) is 62.1 Å². The third kappa shape index (κ3) is 5.83. The van der Waals surface area contributed by atoms with Gasteiger partial charge in [-0.15, -0.1) is 16.9 Å². The lowest BCUT2D eigenvalue weighted by Crippen LogP contribution is -2.20. The van der Waals surface area contributed by atoms with Crippen LogP contribution in [0.5, 0.6) is 5.75 Å². The summed E-state index contributed by atoms with van der Waals surface area (Å²) in [5, 5.41) is 22.3. The van der Waals surface area contributed by atoms with E-state index in [1.165, 1.54) is 52.7 Å². The summed E-state index contributed by atoms with van der Waals surface area (Å²) in [5.41, 5.74) is 12.2. The van der Waals surface area contributed by atoms with Crippen molar-refractivity contribution in [2.45, 2.75) is 18.1 Å². The van der Waals surface area contributed by atoms with E-state index in [1.54, 1.807) is 12.3 Å². The lowest BCUT2D eigenvalue weighted by atomic mass is 10.1. The normalized spacial score (nSPS) is 12.5. The average molecular weight is 562 g/mol. The maximum atomic E-state index is 14.4. The number of carbonyl (C=O) groups excluding carboxylic acids is 1. The maximum absolute atomic E-state index is 14.4. The lowest BCUT2D eigenvalue weighted by Gasteiger charge is -2.24. The van der Waals surface area contributed by atoms with Crippen molar-refractivity contribution < 1.29 is 22.8 Å². The Bertz CT molecular complexity index is 1520. The van der Waals surface area contributed by atoms with Gasteiger partial charge in [-0.1, -0.05) is 4.48 Å². The molecule has 0 atom stereocenters. The highest BCUT2D eigenvalue weighted by molar-refractivity contribution is 7.99. The van der Waals surface area contributed by atoms with Gasteiger partial charge < -0.3 is 15.8 Å². The predicted octanol–water partition coefficient (Wildman–Crippen LogP) is 3.83. The topological polar surface area (TPSA) is 176 Å². The fourth-order valence-electron chi connectivity index (χ4n) is 3.75. The van der Waals surface area contributed by atoms with Crippen molar-refractivity contribution in [2.24, 2.45) is 10.8 Å². The molecule has 0 spiro atoms. The Kier molecular flexibility index (Phi) is 8.40. The molecule has 0 fully saturated rings. The first-order valence-electron chi connectivity index (χ1n) is 11.2. The van der Waals surface area contributed by atoms with Crippen molar-refractivity contribution in [2.75, 3.05) is 29.8 Å². The molecule has 0 bridgehead atoms. The van der Waals surface area contributed by atoms with Crippen LogP contribution in [-0.2, 0) is 6.54 Å². The number of hydrogen-bond donors (Lipinski definition) is 4. The number of carbonyl (C=O) groups is 1. The summed E-state index contributed by atoms with van der Waals surface area (Å²) in [6.07, 6.45) is 5.81. The summed E-state index contributed by atoms with van der Waals surface area (Å²) >= 11 is 1.33. The number of ether oxygens (including phenoxy) is 1. The van der Waals surface area contributed by atoms with Gasteiger partial charge >= 0.3 is 6.61 Å². The van der Waals surface area contributed by atoms with Crippen molar-refractivity contribution in [1.82, 2.24) is 24.4 Å². The zero-order valence-electron chi connectivity index (χ0n) is 20.3. The number of rotatable bonds is 7. The summed E-state index contributed by atoms with van der Waals surface area (Å²) in [4.78, 5) is 17.8. The number of nitrogens with zero attached hydrogens (tertiary/aromatic N) is 7. The molecule has 1 aromatic carbocycles. The Morgan fingerprint density at radius 2 is 2.15 bits per heavy atom. The van der Waals surface area contributed by atoms with Gasteiger partial charge in [0.25, 0.3) is 5.91 Å². The number of halogens is 3. The van der Waals surface area contributed by atoms with Crippen molar-refractivity contribution in [3.63, 3.8) is 0 Å². The molecule has 17 heteroatoms. The highest BCUT2D eigenvalue weighted by atomic mass is 32.2. The van der Waals surface area contributed by atoms with Crippen LogP contribution in [0.2, 0.25) is 0 Å². The van der Waals surface area contributed by atoms with E-state index in [0.29, 0.717) is 21.4 Å². The van der Waals surface area contributed by atoms with Crippen LogP contribution in [0.1, 0.15) is 10.4 Å². The number of alkyl halides is 2. The van der Waals surface area contributed by atoms with Gasteiger partial charge in [-0.2, -0.15) is 19.0 Å². The van der Waals surface area contributed by atoms with Gasteiger partial charge in [0, 0.05) is 40.9 Å². The second kappa shape index (κ2) is 11.9. The van der Waals surface area contributed by atoms with Crippen LogP contribution < -0.4 is 20.9 Å². The van der Waals surface area contributed by atoms with Crippen molar-refractivity contribution >= 4 is 40.5 Å². The highest BCUT2D eigenvalue weighted by Crippen LogP contribution is 2.45.